The number of benzene rings is 1. The van der Waals surface area contributed by atoms with Gasteiger partial charge in [0.25, 0.3) is 11.8 Å². The number of amides is 2. The molecular weight excluding hydrogens is 711 g/mol. The zero-order valence-corrected chi connectivity index (χ0v) is 33.7. The van der Waals surface area contributed by atoms with Gasteiger partial charge in [0.05, 0.1) is 5.56 Å². The van der Waals surface area contributed by atoms with Crippen LogP contribution in [0, 0.1) is 17.2 Å². The maximum absolute atomic E-state index is 14.3. The molecular formula is C39H59FN8O7. The van der Waals surface area contributed by atoms with Crippen molar-refractivity contribution in [3.05, 3.63) is 48.1 Å². The molecule has 2 aromatic rings. The second kappa shape index (κ2) is 20.3. The molecule has 2 fully saturated rings. The molecule has 0 aliphatic carbocycles. The molecule has 4 rings (SSSR count). The molecule has 2 aliphatic heterocycles. The van der Waals surface area contributed by atoms with E-state index in [0.29, 0.717) is 42.9 Å². The van der Waals surface area contributed by atoms with Crippen molar-refractivity contribution in [1.29, 1.82) is 0 Å². The first-order chi connectivity index (χ1) is 25.9. The van der Waals surface area contributed by atoms with E-state index in [9.17, 15) is 23.6 Å². The number of nitrogens with zero attached hydrogens (tertiary/aromatic N) is 8. The molecule has 55 heavy (non-hydrogen) atoms. The minimum absolute atomic E-state index is 0.0504. The Labute approximate surface area is 324 Å². The summed E-state index contributed by atoms with van der Waals surface area (Å²) in [5.74, 6) is -1.60. The highest BCUT2D eigenvalue weighted by molar-refractivity contribution is 5.97. The lowest BCUT2D eigenvalue weighted by Gasteiger charge is -2.53. The number of hydrogen-bond acceptors (Lipinski definition) is 11. The van der Waals surface area contributed by atoms with E-state index in [1.54, 1.807) is 9.80 Å². The van der Waals surface area contributed by atoms with Crippen molar-refractivity contribution in [3.63, 3.8) is 0 Å². The van der Waals surface area contributed by atoms with Gasteiger partial charge in [-0.1, -0.05) is 13.8 Å². The highest BCUT2D eigenvalue weighted by atomic mass is 19.1. The van der Waals surface area contributed by atoms with Crippen molar-refractivity contribution in [1.82, 2.24) is 34.8 Å². The topological polar surface area (TPSA) is 173 Å². The number of likely N-dealkylation sites (tertiary alicyclic amines) is 1. The summed E-state index contributed by atoms with van der Waals surface area (Å²) in [5.41, 5.74) is 0.315. The fraction of sp³-hybridized carbons (Fsp3) is 0.615. The number of ether oxygens (including phenoxy) is 1. The second-order valence-corrected chi connectivity index (χ2v) is 15.4. The minimum Gasteiger partial charge on any atom is -0.478 e. The molecule has 1 aromatic heterocycles. The molecule has 0 saturated carbocycles. The summed E-state index contributed by atoms with van der Waals surface area (Å²) < 4.78 is 20.5. The van der Waals surface area contributed by atoms with Gasteiger partial charge in [-0.3, -0.25) is 14.5 Å². The fourth-order valence-electron chi connectivity index (χ4n) is 7.17. The third-order valence-electron chi connectivity index (χ3n) is 10.3. The van der Waals surface area contributed by atoms with E-state index in [4.69, 9.17) is 14.9 Å². The molecule has 0 bridgehead atoms. The first-order valence-corrected chi connectivity index (χ1v) is 18.9. The third kappa shape index (κ3) is 12.7. The summed E-state index contributed by atoms with van der Waals surface area (Å²) in [5, 5.41) is 23.8. The van der Waals surface area contributed by atoms with Gasteiger partial charge in [-0.2, -0.15) is 0 Å². The average Bonchev–Trinajstić information content (AvgIpc) is 3.55. The molecule has 1 aromatic carbocycles. The summed E-state index contributed by atoms with van der Waals surface area (Å²) in [4.78, 5) is 59.6. The summed E-state index contributed by atoms with van der Waals surface area (Å²) in [7, 11) is 5.73. The number of carboxylic acid groups (broad SMARTS) is 2. The monoisotopic (exact) mass is 770 g/mol. The first kappa shape index (κ1) is 44.7. The first-order valence-electron chi connectivity index (χ1n) is 18.9. The predicted molar refractivity (Wildman–Crippen MR) is 207 cm³/mol. The molecule has 2 amide bonds. The fourth-order valence-corrected chi connectivity index (χ4v) is 7.17. The maximum atomic E-state index is 14.3. The molecule has 0 radical (unpaired) electrons. The van der Waals surface area contributed by atoms with E-state index in [1.807, 2.05) is 34.9 Å². The minimum atomic E-state index is -1.26. The van der Waals surface area contributed by atoms with Crippen molar-refractivity contribution in [2.75, 3.05) is 65.3 Å². The third-order valence-corrected chi connectivity index (χ3v) is 10.3. The van der Waals surface area contributed by atoms with Crippen molar-refractivity contribution < 1.29 is 38.5 Å². The quantitative estimate of drug-likeness (QED) is 0.216. The number of anilines is 1. The molecule has 0 unspecified atom stereocenters. The van der Waals surface area contributed by atoms with Crippen LogP contribution in [0.4, 0.5) is 10.2 Å². The van der Waals surface area contributed by atoms with Crippen molar-refractivity contribution in [3.8, 4) is 11.6 Å². The van der Waals surface area contributed by atoms with Crippen molar-refractivity contribution in [2.45, 2.75) is 85.4 Å². The van der Waals surface area contributed by atoms with Crippen LogP contribution < -0.4 is 9.64 Å². The van der Waals surface area contributed by atoms with E-state index < -0.39 is 17.8 Å². The normalized spacial score (nSPS) is 16.2. The van der Waals surface area contributed by atoms with Gasteiger partial charge in [-0.25, -0.2) is 19.0 Å². The molecule has 2 aliphatic rings. The van der Waals surface area contributed by atoms with Crippen LogP contribution in [0.25, 0.3) is 0 Å². The number of aromatic nitrogens is 3. The number of carbonyl (C=O) groups is 4. The SMILES string of the molecule is CCN(C(=O)c1cc(F)ccc1Oc1nncnc1N1CCC2(C1)CN([C@H](CCCN(C)[C@H](C)CC(=O)N(C)C)C(C)C)C2)C(C)C.O=C(O)/C=C/C(=O)O. The van der Waals surface area contributed by atoms with Crippen LogP contribution in [-0.2, 0) is 14.4 Å². The van der Waals surface area contributed by atoms with Gasteiger partial charge in [0.15, 0.2) is 5.82 Å². The molecule has 2 saturated heterocycles. The highest BCUT2D eigenvalue weighted by Gasteiger charge is 2.50. The zero-order chi connectivity index (χ0) is 41.0. The molecule has 15 nitrogen and oxygen atoms in total. The standard InChI is InChI=1S/C35H55FN8O3.C4H4O4/c1-10-44(25(4)5)34(46)28-19-27(36)13-14-30(28)47-33-32(37-23-38-39-33)42-17-15-35(20-42)21-43(22-35)29(24(2)3)12-11-16-41(9)26(6)18-31(45)40(7)8;5-3(6)1-2-4(7)8/h13-14,19,23-26,29H,10-12,15-18,20-22H2,1-9H3;1-2H,(H,5,6)(H,7,8)/b;2-1+/t26-,29-;/m1./s1. The van der Waals surface area contributed by atoms with Crippen LogP contribution in [0.2, 0.25) is 0 Å². The number of carbonyl (C=O) groups excluding carboxylic acids is 2. The van der Waals surface area contributed by atoms with Gasteiger partial charge in [0, 0.05) is 88.9 Å². The summed E-state index contributed by atoms with van der Waals surface area (Å²) in [6, 6.07) is 4.64. The molecule has 2 N–H and O–H groups in total. The molecule has 1 spiro atoms. The zero-order valence-electron chi connectivity index (χ0n) is 33.7. The number of aliphatic carboxylic acids is 2. The Morgan fingerprint density at radius 3 is 2.24 bits per heavy atom. The predicted octanol–water partition coefficient (Wildman–Crippen LogP) is 4.50. The van der Waals surface area contributed by atoms with Gasteiger partial charge < -0.3 is 34.5 Å². The second-order valence-electron chi connectivity index (χ2n) is 15.4. The van der Waals surface area contributed by atoms with Gasteiger partial charge in [0.2, 0.25) is 5.91 Å². The van der Waals surface area contributed by atoms with Gasteiger partial charge in [-0.15, -0.1) is 10.2 Å². The Kier molecular flexibility index (Phi) is 16.5. The van der Waals surface area contributed by atoms with Gasteiger partial charge >= 0.3 is 11.9 Å². The van der Waals surface area contributed by atoms with E-state index in [-0.39, 0.29) is 46.5 Å². The van der Waals surface area contributed by atoms with Crippen LogP contribution in [-0.4, -0.2) is 147 Å². The summed E-state index contributed by atoms with van der Waals surface area (Å²) in [6.07, 6.45) is 6.31. The van der Waals surface area contributed by atoms with E-state index >= 15 is 0 Å². The number of rotatable bonds is 17. The largest absolute Gasteiger partial charge is 0.478 e. The molecule has 304 valence electrons. The van der Waals surface area contributed by atoms with Crippen LogP contribution in [0.15, 0.2) is 36.7 Å². The van der Waals surface area contributed by atoms with E-state index in [2.05, 4.69) is 57.7 Å². The van der Waals surface area contributed by atoms with E-state index in [0.717, 1.165) is 52.0 Å². The van der Waals surface area contributed by atoms with Crippen LogP contribution in [0.5, 0.6) is 11.6 Å². The molecule has 2 atom stereocenters. The van der Waals surface area contributed by atoms with Crippen LogP contribution >= 0.6 is 0 Å². The number of carboxylic acids is 2. The lowest BCUT2D eigenvalue weighted by molar-refractivity contribution is -0.134. The molecule has 3 heterocycles. The highest BCUT2D eigenvalue weighted by Crippen LogP contribution is 2.44. The van der Waals surface area contributed by atoms with Gasteiger partial charge in [0.1, 0.15) is 17.9 Å². The Bertz CT molecular complexity index is 1630. The Morgan fingerprint density at radius 2 is 1.67 bits per heavy atom. The van der Waals surface area contributed by atoms with Crippen molar-refractivity contribution >= 4 is 29.6 Å². The average molecular weight is 771 g/mol. The summed E-state index contributed by atoms with van der Waals surface area (Å²) >= 11 is 0. The van der Waals surface area contributed by atoms with Gasteiger partial charge in [-0.05, 0) is 84.7 Å². The van der Waals surface area contributed by atoms with Crippen LogP contribution in [0.1, 0.15) is 77.6 Å². The Morgan fingerprint density at radius 1 is 1.02 bits per heavy atom. The van der Waals surface area contributed by atoms with Crippen LogP contribution in [0.3, 0.4) is 0 Å². The van der Waals surface area contributed by atoms with Crippen molar-refractivity contribution in [2.24, 2.45) is 11.3 Å². The number of halogens is 1. The Balaban J connectivity index is 0.000000912. The lowest BCUT2D eigenvalue weighted by atomic mass is 9.76. The van der Waals surface area contributed by atoms with E-state index in [1.165, 1.54) is 24.5 Å². The summed E-state index contributed by atoms with van der Waals surface area (Å²) in [6.45, 7) is 17.7. The Hall–Kier alpha value is -4.70. The smallest absolute Gasteiger partial charge is 0.328 e. The maximum Gasteiger partial charge on any atom is 0.328 e. The number of hydrogen-bond donors (Lipinski definition) is 2. The molecule has 16 heteroatoms. The lowest BCUT2D eigenvalue weighted by Crippen LogP contribution is -2.62.